The summed E-state index contributed by atoms with van der Waals surface area (Å²) in [5.74, 6) is 0.243. The summed E-state index contributed by atoms with van der Waals surface area (Å²) >= 11 is 1.58. The van der Waals surface area contributed by atoms with Crippen LogP contribution in [-0.2, 0) is 6.61 Å². The molecule has 0 fully saturated rings. The zero-order valence-corrected chi connectivity index (χ0v) is 14.6. The van der Waals surface area contributed by atoms with E-state index in [0.29, 0.717) is 17.9 Å². The first kappa shape index (κ1) is 16.9. The molecule has 0 unspecified atom stereocenters. The fraction of sp³-hybridized carbons (Fsp3) is 0.100. The Bertz CT molecular complexity index is 858. The lowest BCUT2D eigenvalue weighted by atomic mass is 10.2. The van der Waals surface area contributed by atoms with Crippen LogP contribution in [0.1, 0.15) is 27.7 Å². The van der Waals surface area contributed by atoms with E-state index in [-0.39, 0.29) is 5.91 Å². The van der Waals surface area contributed by atoms with Gasteiger partial charge in [-0.2, -0.15) is 5.10 Å². The quantitative estimate of drug-likeness (QED) is 0.526. The van der Waals surface area contributed by atoms with Crippen molar-refractivity contribution in [2.24, 2.45) is 5.10 Å². The average molecular weight is 350 g/mol. The Kier molecular flexibility index (Phi) is 5.59. The standard InChI is InChI=1S/C20H18N2O2S/c1-15(19-12-7-13-25-19)21-22-20(23)17-10-5-6-11-18(17)24-14-16-8-3-2-4-9-16/h2-13H,14H2,1H3,(H,22,23). The average Bonchev–Trinajstić information content (AvgIpc) is 3.20. The first-order valence-corrected chi connectivity index (χ1v) is 8.76. The minimum absolute atomic E-state index is 0.292. The first-order valence-electron chi connectivity index (χ1n) is 7.88. The molecule has 4 nitrogen and oxygen atoms in total. The van der Waals surface area contributed by atoms with Crippen molar-refractivity contribution < 1.29 is 9.53 Å². The molecule has 0 atom stereocenters. The van der Waals surface area contributed by atoms with Crippen LogP contribution >= 0.6 is 11.3 Å². The number of benzene rings is 2. The van der Waals surface area contributed by atoms with Crippen LogP contribution in [0.5, 0.6) is 5.75 Å². The van der Waals surface area contributed by atoms with Crippen LogP contribution in [0.3, 0.4) is 0 Å². The molecule has 0 aliphatic carbocycles. The topological polar surface area (TPSA) is 50.7 Å². The Labute approximate surface area is 150 Å². The van der Waals surface area contributed by atoms with E-state index in [9.17, 15) is 4.79 Å². The maximum atomic E-state index is 12.5. The van der Waals surface area contributed by atoms with Crippen LogP contribution in [0.2, 0.25) is 0 Å². The molecule has 1 aromatic heterocycles. The molecule has 0 aliphatic rings. The highest BCUT2D eigenvalue weighted by Gasteiger charge is 2.12. The predicted octanol–water partition coefficient (Wildman–Crippen LogP) is 4.48. The largest absolute Gasteiger partial charge is 0.488 e. The van der Waals surface area contributed by atoms with E-state index in [1.165, 1.54) is 0 Å². The molecule has 1 heterocycles. The fourth-order valence-corrected chi connectivity index (χ4v) is 2.93. The minimum Gasteiger partial charge on any atom is -0.488 e. The van der Waals surface area contributed by atoms with E-state index >= 15 is 0 Å². The van der Waals surface area contributed by atoms with Gasteiger partial charge in [0.1, 0.15) is 12.4 Å². The number of nitrogens with one attached hydrogen (secondary N) is 1. The van der Waals surface area contributed by atoms with Crippen molar-refractivity contribution in [3.63, 3.8) is 0 Å². The van der Waals surface area contributed by atoms with Crippen molar-refractivity contribution in [1.29, 1.82) is 0 Å². The van der Waals surface area contributed by atoms with Crippen LogP contribution < -0.4 is 10.2 Å². The van der Waals surface area contributed by atoms with E-state index in [0.717, 1.165) is 16.2 Å². The molecule has 0 saturated heterocycles. The van der Waals surface area contributed by atoms with E-state index in [1.54, 1.807) is 29.5 Å². The Hall–Kier alpha value is -2.92. The third kappa shape index (κ3) is 4.55. The molecular weight excluding hydrogens is 332 g/mol. The van der Waals surface area contributed by atoms with Gasteiger partial charge in [0.2, 0.25) is 0 Å². The van der Waals surface area contributed by atoms with Gasteiger partial charge < -0.3 is 4.74 Å². The molecule has 0 bridgehead atoms. The summed E-state index contributed by atoms with van der Waals surface area (Å²) in [5.41, 5.74) is 4.88. The molecule has 126 valence electrons. The van der Waals surface area contributed by atoms with E-state index in [4.69, 9.17) is 4.74 Å². The number of thiophene rings is 1. The number of nitrogens with zero attached hydrogens (tertiary/aromatic N) is 1. The maximum absolute atomic E-state index is 12.5. The lowest BCUT2D eigenvalue weighted by Gasteiger charge is -2.10. The van der Waals surface area contributed by atoms with Gasteiger partial charge in [0.05, 0.1) is 11.3 Å². The second kappa shape index (κ2) is 8.26. The number of hydrazone groups is 1. The van der Waals surface area contributed by atoms with Gasteiger partial charge in [-0.05, 0) is 36.1 Å². The lowest BCUT2D eigenvalue weighted by Crippen LogP contribution is -2.20. The van der Waals surface area contributed by atoms with Crippen LogP contribution in [0, 0.1) is 0 Å². The second-order valence-electron chi connectivity index (χ2n) is 5.39. The van der Waals surface area contributed by atoms with E-state index in [1.807, 2.05) is 60.8 Å². The highest BCUT2D eigenvalue weighted by molar-refractivity contribution is 7.12. The Morgan fingerprint density at radius 1 is 1.04 bits per heavy atom. The molecule has 3 aromatic rings. The monoisotopic (exact) mass is 350 g/mol. The van der Waals surface area contributed by atoms with Crippen LogP contribution in [0.15, 0.2) is 77.2 Å². The Morgan fingerprint density at radius 2 is 1.80 bits per heavy atom. The third-order valence-corrected chi connectivity index (χ3v) is 4.55. The maximum Gasteiger partial charge on any atom is 0.275 e. The number of ether oxygens (including phenoxy) is 1. The molecule has 3 rings (SSSR count). The molecule has 25 heavy (non-hydrogen) atoms. The van der Waals surface area contributed by atoms with E-state index in [2.05, 4.69) is 10.5 Å². The molecule has 0 radical (unpaired) electrons. The van der Waals surface area contributed by atoms with Crippen molar-refractivity contribution in [3.05, 3.63) is 88.1 Å². The van der Waals surface area contributed by atoms with Crippen LogP contribution in [0.25, 0.3) is 0 Å². The first-order chi connectivity index (χ1) is 12.2. The molecule has 0 spiro atoms. The summed E-state index contributed by atoms with van der Waals surface area (Å²) < 4.78 is 5.82. The van der Waals surface area contributed by atoms with Crippen molar-refractivity contribution in [1.82, 2.24) is 5.43 Å². The van der Waals surface area contributed by atoms with Gasteiger partial charge in [-0.25, -0.2) is 5.43 Å². The highest BCUT2D eigenvalue weighted by Crippen LogP contribution is 2.19. The zero-order valence-electron chi connectivity index (χ0n) is 13.8. The van der Waals surface area contributed by atoms with Gasteiger partial charge in [-0.1, -0.05) is 48.5 Å². The number of rotatable bonds is 6. The normalized spacial score (nSPS) is 11.2. The molecule has 5 heteroatoms. The number of hydrogen-bond acceptors (Lipinski definition) is 4. The summed E-state index contributed by atoms with van der Waals surface area (Å²) in [6, 6.07) is 20.9. The molecule has 2 aromatic carbocycles. The van der Waals surface area contributed by atoms with Crippen molar-refractivity contribution >= 4 is 23.0 Å². The highest BCUT2D eigenvalue weighted by atomic mass is 32.1. The fourth-order valence-electron chi connectivity index (χ4n) is 2.25. The van der Waals surface area contributed by atoms with Gasteiger partial charge in [0.25, 0.3) is 5.91 Å². The number of hydrogen-bond donors (Lipinski definition) is 1. The summed E-state index contributed by atoms with van der Waals surface area (Å²) in [6.07, 6.45) is 0. The predicted molar refractivity (Wildman–Crippen MR) is 101 cm³/mol. The number of carbonyl (C=O) groups excluding carboxylic acids is 1. The third-order valence-electron chi connectivity index (χ3n) is 3.57. The smallest absolute Gasteiger partial charge is 0.275 e. The Balaban J connectivity index is 1.69. The number of amides is 1. The van der Waals surface area contributed by atoms with Gasteiger partial charge in [0, 0.05) is 4.88 Å². The molecule has 1 N–H and O–H groups in total. The molecular formula is C20H18N2O2S. The summed E-state index contributed by atoms with van der Waals surface area (Å²) in [7, 11) is 0. The number of para-hydroxylation sites is 1. The van der Waals surface area contributed by atoms with Crippen LogP contribution in [-0.4, -0.2) is 11.6 Å². The summed E-state index contributed by atoms with van der Waals surface area (Å²) in [6.45, 7) is 2.27. The van der Waals surface area contributed by atoms with Crippen molar-refractivity contribution in [2.75, 3.05) is 0 Å². The van der Waals surface area contributed by atoms with Crippen LogP contribution in [0.4, 0.5) is 0 Å². The minimum atomic E-state index is -0.292. The molecule has 0 saturated carbocycles. The molecule has 1 amide bonds. The lowest BCUT2D eigenvalue weighted by molar-refractivity contribution is 0.0950. The SMILES string of the molecule is CC(=NNC(=O)c1ccccc1OCc1ccccc1)c1cccs1. The number of carbonyl (C=O) groups is 1. The van der Waals surface area contributed by atoms with Gasteiger partial charge in [-0.15, -0.1) is 11.3 Å². The van der Waals surface area contributed by atoms with Gasteiger partial charge >= 0.3 is 0 Å². The van der Waals surface area contributed by atoms with E-state index < -0.39 is 0 Å². The molecule has 0 aliphatic heterocycles. The second-order valence-corrected chi connectivity index (χ2v) is 6.33. The summed E-state index contributed by atoms with van der Waals surface area (Å²) in [4.78, 5) is 13.5. The summed E-state index contributed by atoms with van der Waals surface area (Å²) in [5, 5.41) is 6.15. The van der Waals surface area contributed by atoms with Gasteiger partial charge in [-0.3, -0.25) is 4.79 Å². The van der Waals surface area contributed by atoms with Crippen molar-refractivity contribution in [2.45, 2.75) is 13.5 Å². The van der Waals surface area contributed by atoms with Gasteiger partial charge in [0.15, 0.2) is 0 Å². The zero-order chi connectivity index (χ0) is 17.5. The Morgan fingerprint density at radius 3 is 2.56 bits per heavy atom. The van der Waals surface area contributed by atoms with Crippen molar-refractivity contribution in [3.8, 4) is 5.75 Å².